The third-order valence-corrected chi connectivity index (χ3v) is 4.65. The fraction of sp³-hybridized carbons (Fsp3) is 0.611. The quantitative estimate of drug-likeness (QED) is 0.905. The van der Waals surface area contributed by atoms with E-state index in [1.165, 1.54) is 17.5 Å². The van der Waals surface area contributed by atoms with Gasteiger partial charge in [0.05, 0.1) is 6.04 Å². The number of nitrogens with two attached hydrogens (primary N) is 1. The molecule has 1 amide bonds. The maximum absolute atomic E-state index is 12.0. The molecule has 3 heteroatoms. The summed E-state index contributed by atoms with van der Waals surface area (Å²) in [5.74, 6) is 0.877. The second-order valence-corrected chi connectivity index (χ2v) is 6.31. The van der Waals surface area contributed by atoms with E-state index in [-0.39, 0.29) is 11.9 Å². The van der Waals surface area contributed by atoms with Crippen LogP contribution in [0.1, 0.15) is 43.7 Å². The molecule has 1 fully saturated rings. The van der Waals surface area contributed by atoms with E-state index < -0.39 is 0 Å². The van der Waals surface area contributed by atoms with Crippen molar-refractivity contribution in [2.75, 3.05) is 13.1 Å². The van der Waals surface area contributed by atoms with Crippen molar-refractivity contribution in [1.29, 1.82) is 0 Å². The van der Waals surface area contributed by atoms with E-state index in [0.29, 0.717) is 0 Å². The zero-order valence-corrected chi connectivity index (χ0v) is 13.3. The molecule has 1 aromatic rings. The Balaban J connectivity index is 1.74. The number of hydrogen-bond acceptors (Lipinski definition) is 2. The van der Waals surface area contributed by atoms with E-state index in [0.717, 1.165) is 44.7 Å². The largest absolute Gasteiger partial charge is 0.341 e. The molecule has 0 spiro atoms. The van der Waals surface area contributed by atoms with Crippen LogP contribution in [0.2, 0.25) is 0 Å². The molecular weight excluding hydrogens is 260 g/mol. The molecule has 0 radical (unpaired) electrons. The standard InChI is InChI=1S/C18H28N2O/c1-3-17(19)18(21)20-12-10-16(11-13-20)9-8-15-6-4-14(2)5-7-15/h4-7,16-17H,3,8-13,19H2,1-2H3. The zero-order chi connectivity index (χ0) is 15.2. The van der Waals surface area contributed by atoms with Crippen molar-refractivity contribution in [3.8, 4) is 0 Å². The van der Waals surface area contributed by atoms with Gasteiger partial charge in [-0.05, 0) is 50.5 Å². The summed E-state index contributed by atoms with van der Waals surface area (Å²) in [7, 11) is 0. The van der Waals surface area contributed by atoms with Crippen molar-refractivity contribution >= 4 is 5.91 Å². The third-order valence-electron chi connectivity index (χ3n) is 4.65. The summed E-state index contributed by atoms with van der Waals surface area (Å²) in [6.45, 7) is 5.85. The van der Waals surface area contributed by atoms with Gasteiger partial charge in [-0.15, -0.1) is 0 Å². The summed E-state index contributed by atoms with van der Waals surface area (Å²) in [4.78, 5) is 14.0. The molecule has 1 saturated heterocycles. The SMILES string of the molecule is CCC(N)C(=O)N1CCC(CCc2ccc(C)cc2)CC1. The number of rotatable bonds is 5. The number of amides is 1. The monoisotopic (exact) mass is 288 g/mol. The van der Waals surface area contributed by atoms with Crippen LogP contribution in [0.15, 0.2) is 24.3 Å². The molecule has 21 heavy (non-hydrogen) atoms. The van der Waals surface area contributed by atoms with Crippen LogP contribution < -0.4 is 5.73 Å². The molecule has 0 aromatic heterocycles. The first kappa shape index (κ1) is 16.0. The molecule has 2 rings (SSSR count). The van der Waals surface area contributed by atoms with E-state index in [4.69, 9.17) is 5.73 Å². The number of carbonyl (C=O) groups is 1. The van der Waals surface area contributed by atoms with Gasteiger partial charge in [-0.1, -0.05) is 36.8 Å². The van der Waals surface area contributed by atoms with Gasteiger partial charge in [0.1, 0.15) is 0 Å². The van der Waals surface area contributed by atoms with E-state index in [1.807, 2.05) is 11.8 Å². The Morgan fingerprint density at radius 2 is 1.90 bits per heavy atom. The maximum atomic E-state index is 12.0. The lowest BCUT2D eigenvalue weighted by atomic mass is 9.90. The molecule has 1 aliphatic heterocycles. The van der Waals surface area contributed by atoms with Gasteiger partial charge in [-0.25, -0.2) is 0 Å². The fourth-order valence-electron chi connectivity index (χ4n) is 2.98. The van der Waals surface area contributed by atoms with Crippen LogP contribution in [0.4, 0.5) is 0 Å². The van der Waals surface area contributed by atoms with Gasteiger partial charge in [0, 0.05) is 13.1 Å². The Hall–Kier alpha value is -1.35. The predicted octanol–water partition coefficient (Wildman–Crippen LogP) is 2.90. The lowest BCUT2D eigenvalue weighted by Crippen LogP contribution is -2.46. The highest BCUT2D eigenvalue weighted by molar-refractivity contribution is 5.81. The average Bonchev–Trinajstić information content (AvgIpc) is 2.53. The van der Waals surface area contributed by atoms with E-state index in [9.17, 15) is 4.79 Å². The third kappa shape index (κ3) is 4.57. The minimum atomic E-state index is -0.311. The van der Waals surface area contributed by atoms with Crippen molar-refractivity contribution in [1.82, 2.24) is 4.90 Å². The molecule has 0 saturated carbocycles. The van der Waals surface area contributed by atoms with Crippen molar-refractivity contribution in [3.63, 3.8) is 0 Å². The first-order chi connectivity index (χ1) is 10.1. The number of aryl methyl sites for hydroxylation is 2. The van der Waals surface area contributed by atoms with Crippen molar-refractivity contribution in [2.45, 2.75) is 52.0 Å². The van der Waals surface area contributed by atoms with Crippen LogP contribution >= 0.6 is 0 Å². The Kier molecular flexibility index (Phi) is 5.80. The summed E-state index contributed by atoms with van der Waals surface area (Å²) in [5.41, 5.74) is 8.58. The number of piperidine rings is 1. The highest BCUT2D eigenvalue weighted by atomic mass is 16.2. The summed E-state index contributed by atoms with van der Waals surface area (Å²) in [5, 5.41) is 0. The highest BCUT2D eigenvalue weighted by Gasteiger charge is 2.25. The van der Waals surface area contributed by atoms with Gasteiger partial charge >= 0.3 is 0 Å². The van der Waals surface area contributed by atoms with Crippen LogP contribution in [0.25, 0.3) is 0 Å². The fourth-order valence-corrected chi connectivity index (χ4v) is 2.98. The molecule has 1 heterocycles. The average molecular weight is 288 g/mol. The zero-order valence-electron chi connectivity index (χ0n) is 13.3. The molecule has 1 aliphatic rings. The van der Waals surface area contributed by atoms with Crippen molar-refractivity contribution in [2.24, 2.45) is 11.7 Å². The summed E-state index contributed by atoms with van der Waals surface area (Å²) in [6.07, 6.45) is 5.34. The summed E-state index contributed by atoms with van der Waals surface area (Å²) >= 11 is 0. The van der Waals surface area contributed by atoms with Gasteiger partial charge < -0.3 is 10.6 Å². The number of hydrogen-bond donors (Lipinski definition) is 1. The van der Waals surface area contributed by atoms with Crippen molar-refractivity contribution < 1.29 is 4.79 Å². The Morgan fingerprint density at radius 3 is 2.48 bits per heavy atom. The van der Waals surface area contributed by atoms with Gasteiger partial charge in [0.25, 0.3) is 0 Å². The lowest BCUT2D eigenvalue weighted by molar-refractivity contribution is -0.134. The molecule has 1 unspecified atom stereocenters. The second-order valence-electron chi connectivity index (χ2n) is 6.31. The number of benzene rings is 1. The number of nitrogens with zero attached hydrogens (tertiary/aromatic N) is 1. The van der Waals surface area contributed by atoms with Crippen LogP contribution in [0, 0.1) is 12.8 Å². The Morgan fingerprint density at radius 1 is 1.29 bits per heavy atom. The molecule has 1 atom stereocenters. The molecule has 2 N–H and O–H groups in total. The van der Waals surface area contributed by atoms with Crippen molar-refractivity contribution in [3.05, 3.63) is 35.4 Å². The molecule has 1 aromatic carbocycles. The minimum absolute atomic E-state index is 0.134. The van der Waals surface area contributed by atoms with E-state index in [1.54, 1.807) is 0 Å². The first-order valence-electron chi connectivity index (χ1n) is 8.20. The van der Waals surface area contributed by atoms with Crippen LogP contribution in [0.3, 0.4) is 0 Å². The number of carbonyl (C=O) groups excluding carboxylic acids is 1. The second kappa shape index (κ2) is 7.60. The van der Waals surface area contributed by atoms with E-state index in [2.05, 4.69) is 31.2 Å². The number of likely N-dealkylation sites (tertiary alicyclic amines) is 1. The first-order valence-corrected chi connectivity index (χ1v) is 8.20. The Labute approximate surface area is 128 Å². The van der Waals surface area contributed by atoms with Gasteiger partial charge in [0.15, 0.2) is 0 Å². The van der Waals surface area contributed by atoms with Crippen LogP contribution in [-0.2, 0) is 11.2 Å². The topological polar surface area (TPSA) is 46.3 Å². The molecule has 116 valence electrons. The molecular formula is C18H28N2O. The van der Waals surface area contributed by atoms with Crippen LogP contribution in [-0.4, -0.2) is 29.9 Å². The normalized spacial score (nSPS) is 17.8. The lowest BCUT2D eigenvalue weighted by Gasteiger charge is -2.33. The minimum Gasteiger partial charge on any atom is -0.341 e. The molecule has 0 bridgehead atoms. The smallest absolute Gasteiger partial charge is 0.239 e. The highest BCUT2D eigenvalue weighted by Crippen LogP contribution is 2.23. The van der Waals surface area contributed by atoms with E-state index >= 15 is 0 Å². The van der Waals surface area contributed by atoms with Crippen LogP contribution in [0.5, 0.6) is 0 Å². The predicted molar refractivity (Wildman–Crippen MR) is 87.1 cm³/mol. The molecule has 3 nitrogen and oxygen atoms in total. The van der Waals surface area contributed by atoms with Gasteiger partial charge in [-0.2, -0.15) is 0 Å². The summed E-state index contributed by atoms with van der Waals surface area (Å²) < 4.78 is 0. The molecule has 0 aliphatic carbocycles. The maximum Gasteiger partial charge on any atom is 0.239 e. The Bertz CT molecular complexity index is 447. The van der Waals surface area contributed by atoms with Gasteiger partial charge in [-0.3, -0.25) is 4.79 Å². The van der Waals surface area contributed by atoms with Gasteiger partial charge in [0.2, 0.25) is 5.91 Å². The summed E-state index contributed by atoms with van der Waals surface area (Å²) in [6, 6.07) is 8.52.